The van der Waals surface area contributed by atoms with E-state index in [0.29, 0.717) is 23.0 Å². The number of carbonyl (C=O) groups is 2. The molecular weight excluding hydrogens is 344 g/mol. The van der Waals surface area contributed by atoms with Gasteiger partial charge in [-0.05, 0) is 25.5 Å². The van der Waals surface area contributed by atoms with Gasteiger partial charge in [-0.2, -0.15) is 0 Å². The molecule has 0 saturated carbocycles. The minimum atomic E-state index is -0.331. The Labute approximate surface area is 147 Å². The minimum Gasteiger partial charge on any atom is -0.462 e. The molecule has 2 aromatic heterocycles. The third-order valence-electron chi connectivity index (χ3n) is 3.39. The molecule has 4 nitrogen and oxygen atoms in total. The van der Waals surface area contributed by atoms with Gasteiger partial charge in [0.05, 0.1) is 17.2 Å². The molecule has 0 aliphatic heterocycles. The van der Waals surface area contributed by atoms with E-state index in [9.17, 15) is 9.59 Å². The number of esters is 2. The second-order valence-electron chi connectivity index (χ2n) is 4.92. The van der Waals surface area contributed by atoms with Crippen LogP contribution in [0.1, 0.15) is 33.2 Å². The van der Waals surface area contributed by atoms with Gasteiger partial charge in [-0.25, -0.2) is 9.59 Å². The number of hydrogen-bond donors (Lipinski definition) is 0. The monoisotopic (exact) mass is 360 g/mol. The van der Waals surface area contributed by atoms with Crippen LogP contribution in [-0.4, -0.2) is 25.2 Å². The minimum absolute atomic E-state index is 0.326. The van der Waals surface area contributed by atoms with E-state index in [2.05, 4.69) is 0 Å². The predicted octanol–water partition coefficient (Wildman–Crippen LogP) is 4.98. The number of thiophene rings is 2. The van der Waals surface area contributed by atoms with Crippen molar-refractivity contribution in [3.8, 4) is 11.1 Å². The molecule has 0 N–H and O–H groups in total. The molecule has 6 heteroatoms. The molecule has 1 aromatic carbocycles. The molecule has 0 aliphatic carbocycles. The molecule has 0 spiro atoms. The number of ether oxygens (including phenoxy) is 2. The molecule has 2 heterocycles. The Morgan fingerprint density at radius 1 is 0.958 bits per heavy atom. The topological polar surface area (TPSA) is 52.6 Å². The smallest absolute Gasteiger partial charge is 0.349 e. The Hall–Kier alpha value is -2.18. The Morgan fingerprint density at radius 3 is 2.29 bits per heavy atom. The highest BCUT2D eigenvalue weighted by Crippen LogP contribution is 2.43. The van der Waals surface area contributed by atoms with Crippen molar-refractivity contribution >= 4 is 44.0 Å². The second-order valence-corrected chi connectivity index (χ2v) is 7.26. The maximum atomic E-state index is 12.3. The van der Waals surface area contributed by atoms with E-state index in [4.69, 9.17) is 9.47 Å². The van der Waals surface area contributed by atoms with Crippen LogP contribution in [0.25, 0.3) is 20.5 Å². The Balaban J connectivity index is 2.16. The number of rotatable bonds is 5. The van der Waals surface area contributed by atoms with Crippen LogP contribution in [0.5, 0.6) is 0 Å². The maximum absolute atomic E-state index is 12.3. The van der Waals surface area contributed by atoms with Crippen LogP contribution in [-0.2, 0) is 9.47 Å². The first-order valence-corrected chi connectivity index (χ1v) is 9.25. The van der Waals surface area contributed by atoms with Crippen molar-refractivity contribution in [2.24, 2.45) is 0 Å². The molecule has 0 saturated heterocycles. The summed E-state index contributed by atoms with van der Waals surface area (Å²) in [7, 11) is 0. The number of benzene rings is 1. The number of carbonyl (C=O) groups excluding carboxylic acids is 2. The van der Waals surface area contributed by atoms with E-state index < -0.39 is 0 Å². The van der Waals surface area contributed by atoms with Gasteiger partial charge < -0.3 is 9.47 Å². The fraction of sp³-hybridized carbons (Fsp3) is 0.222. The lowest BCUT2D eigenvalue weighted by molar-refractivity contribution is 0.0523. The van der Waals surface area contributed by atoms with Crippen molar-refractivity contribution in [3.63, 3.8) is 0 Å². The summed E-state index contributed by atoms with van der Waals surface area (Å²) in [6.07, 6.45) is 0. The van der Waals surface area contributed by atoms with Crippen LogP contribution < -0.4 is 0 Å². The number of hydrogen-bond acceptors (Lipinski definition) is 6. The van der Waals surface area contributed by atoms with Crippen molar-refractivity contribution in [2.75, 3.05) is 13.2 Å². The van der Waals surface area contributed by atoms with Crippen molar-refractivity contribution in [2.45, 2.75) is 13.8 Å². The quantitative estimate of drug-likeness (QED) is 0.602. The summed E-state index contributed by atoms with van der Waals surface area (Å²) in [6, 6.07) is 11.5. The van der Waals surface area contributed by atoms with Gasteiger partial charge in [0.2, 0.25) is 0 Å². The summed E-state index contributed by atoms with van der Waals surface area (Å²) in [5.41, 5.74) is 1.75. The average Bonchev–Trinajstić information content (AvgIpc) is 3.13. The molecule has 0 bridgehead atoms. The van der Waals surface area contributed by atoms with Gasteiger partial charge in [0.25, 0.3) is 0 Å². The van der Waals surface area contributed by atoms with Crippen molar-refractivity contribution < 1.29 is 19.1 Å². The average molecular weight is 360 g/mol. The first-order valence-electron chi connectivity index (χ1n) is 7.61. The standard InChI is InChI=1S/C18H16O4S2/c1-3-21-16(19)13-10-12-14(11-8-6-5-7-9-11)15(17(20)22-4-2)24-18(12)23-13/h5-10H,3-4H2,1-2H3. The summed E-state index contributed by atoms with van der Waals surface area (Å²) in [6.45, 7) is 4.23. The molecule has 24 heavy (non-hydrogen) atoms. The van der Waals surface area contributed by atoms with Gasteiger partial charge in [-0.15, -0.1) is 22.7 Å². The highest BCUT2D eigenvalue weighted by Gasteiger charge is 2.24. The first-order chi connectivity index (χ1) is 11.7. The van der Waals surface area contributed by atoms with Crippen LogP contribution in [0.2, 0.25) is 0 Å². The summed E-state index contributed by atoms with van der Waals surface area (Å²) in [5, 5.41) is 0.891. The lowest BCUT2D eigenvalue weighted by Crippen LogP contribution is -2.04. The molecule has 0 atom stereocenters. The highest BCUT2D eigenvalue weighted by molar-refractivity contribution is 7.40. The normalized spacial score (nSPS) is 10.8. The van der Waals surface area contributed by atoms with Crippen LogP contribution in [0.4, 0.5) is 0 Å². The zero-order chi connectivity index (χ0) is 17.1. The summed E-state index contributed by atoms with van der Waals surface area (Å²) in [4.78, 5) is 25.4. The molecule has 0 fully saturated rings. The van der Waals surface area contributed by atoms with Gasteiger partial charge in [-0.1, -0.05) is 30.3 Å². The zero-order valence-corrected chi connectivity index (χ0v) is 15.0. The van der Waals surface area contributed by atoms with Crippen LogP contribution in [0.3, 0.4) is 0 Å². The van der Waals surface area contributed by atoms with E-state index in [-0.39, 0.29) is 11.9 Å². The van der Waals surface area contributed by atoms with Gasteiger partial charge in [-0.3, -0.25) is 0 Å². The van der Waals surface area contributed by atoms with Crippen LogP contribution in [0.15, 0.2) is 36.4 Å². The van der Waals surface area contributed by atoms with E-state index in [1.165, 1.54) is 22.7 Å². The Kier molecular flexibility index (Phi) is 4.97. The molecular formula is C18H16O4S2. The summed E-state index contributed by atoms with van der Waals surface area (Å²) < 4.78 is 11.2. The van der Waals surface area contributed by atoms with Crippen molar-refractivity contribution in [3.05, 3.63) is 46.2 Å². The van der Waals surface area contributed by atoms with E-state index in [1.54, 1.807) is 19.9 Å². The SMILES string of the molecule is CCOC(=O)c1cc2c(-c3ccccc3)c(C(=O)OCC)sc2s1. The summed E-state index contributed by atoms with van der Waals surface area (Å²) in [5.74, 6) is -0.662. The molecule has 124 valence electrons. The van der Waals surface area contributed by atoms with E-state index in [1.807, 2.05) is 30.3 Å². The lowest BCUT2D eigenvalue weighted by Gasteiger charge is -2.04. The molecule has 3 rings (SSSR count). The Bertz CT molecular complexity index is 877. The van der Waals surface area contributed by atoms with Gasteiger partial charge >= 0.3 is 11.9 Å². The predicted molar refractivity (Wildman–Crippen MR) is 97.1 cm³/mol. The fourth-order valence-corrected chi connectivity index (χ4v) is 4.83. The third kappa shape index (κ3) is 3.07. The third-order valence-corrected chi connectivity index (χ3v) is 5.78. The summed E-state index contributed by atoms with van der Waals surface area (Å²) >= 11 is 2.71. The molecule has 0 radical (unpaired) electrons. The number of fused-ring (bicyclic) bond motifs is 1. The lowest BCUT2D eigenvalue weighted by atomic mass is 10.0. The molecule has 0 amide bonds. The molecule has 3 aromatic rings. The van der Waals surface area contributed by atoms with E-state index >= 15 is 0 Å². The van der Waals surface area contributed by atoms with Gasteiger partial charge in [0, 0.05) is 10.9 Å². The van der Waals surface area contributed by atoms with Crippen molar-refractivity contribution in [1.82, 2.24) is 0 Å². The maximum Gasteiger partial charge on any atom is 0.349 e. The Morgan fingerprint density at radius 2 is 1.62 bits per heavy atom. The largest absolute Gasteiger partial charge is 0.462 e. The van der Waals surface area contributed by atoms with Gasteiger partial charge in [0.1, 0.15) is 9.75 Å². The van der Waals surface area contributed by atoms with Crippen LogP contribution in [0, 0.1) is 0 Å². The zero-order valence-electron chi connectivity index (χ0n) is 13.3. The van der Waals surface area contributed by atoms with Crippen LogP contribution >= 0.6 is 22.7 Å². The molecule has 0 unspecified atom stereocenters. The van der Waals surface area contributed by atoms with Gasteiger partial charge in [0.15, 0.2) is 0 Å². The van der Waals surface area contributed by atoms with Crippen molar-refractivity contribution in [1.29, 1.82) is 0 Å². The van der Waals surface area contributed by atoms with E-state index in [0.717, 1.165) is 20.5 Å². The first kappa shape index (κ1) is 16.7. The second kappa shape index (κ2) is 7.15. The molecule has 0 aliphatic rings. The highest BCUT2D eigenvalue weighted by atomic mass is 32.2. The fourth-order valence-electron chi connectivity index (χ4n) is 2.43.